The third-order valence-electron chi connectivity index (χ3n) is 4.39. The van der Waals surface area contributed by atoms with Crippen molar-refractivity contribution in [2.75, 3.05) is 40.3 Å². The molecule has 1 rings (SSSR count). The molecule has 0 bridgehead atoms. The molecular formula is C14H28N4. The fraction of sp³-hybridized carbons (Fsp3) is 0.929. The Hall–Kier alpha value is -0.630. The van der Waals surface area contributed by atoms with Crippen LogP contribution in [0.25, 0.3) is 0 Å². The molecule has 4 heteroatoms. The maximum absolute atomic E-state index is 9.14. The number of nitrogens with one attached hydrogen (secondary N) is 1. The number of likely N-dealkylation sites (tertiary alicyclic amines) is 1. The average Bonchev–Trinajstić information content (AvgIpc) is 2.44. The lowest BCUT2D eigenvalue weighted by molar-refractivity contribution is 0.126. The number of hydrogen-bond donors (Lipinski definition) is 1. The van der Waals surface area contributed by atoms with Crippen molar-refractivity contribution in [2.45, 2.75) is 44.7 Å². The van der Waals surface area contributed by atoms with Gasteiger partial charge in [-0.1, -0.05) is 6.92 Å². The Balaban J connectivity index is 2.34. The Morgan fingerprint density at radius 3 is 2.50 bits per heavy atom. The Morgan fingerprint density at radius 1 is 1.44 bits per heavy atom. The zero-order valence-electron chi connectivity index (χ0n) is 12.4. The molecule has 0 aromatic rings. The lowest BCUT2D eigenvalue weighted by Crippen LogP contribution is -2.46. The van der Waals surface area contributed by atoms with Gasteiger partial charge in [0.05, 0.1) is 6.07 Å². The van der Waals surface area contributed by atoms with Crippen LogP contribution in [-0.4, -0.2) is 61.7 Å². The Labute approximate surface area is 112 Å². The molecule has 18 heavy (non-hydrogen) atoms. The van der Waals surface area contributed by atoms with Gasteiger partial charge >= 0.3 is 0 Å². The summed E-state index contributed by atoms with van der Waals surface area (Å²) in [5.74, 6) is 0. The normalized spacial score (nSPS) is 21.8. The van der Waals surface area contributed by atoms with E-state index < -0.39 is 5.54 Å². The third kappa shape index (κ3) is 4.24. The number of nitriles is 1. The first-order valence-electron chi connectivity index (χ1n) is 7.07. The smallest absolute Gasteiger partial charge is 0.104 e. The summed E-state index contributed by atoms with van der Waals surface area (Å²) in [5.41, 5.74) is -0.390. The van der Waals surface area contributed by atoms with E-state index in [-0.39, 0.29) is 0 Å². The number of hydrogen-bond acceptors (Lipinski definition) is 4. The second-order valence-corrected chi connectivity index (χ2v) is 5.59. The minimum absolute atomic E-state index is 0.390. The zero-order valence-corrected chi connectivity index (χ0v) is 12.4. The van der Waals surface area contributed by atoms with Crippen molar-refractivity contribution in [3.63, 3.8) is 0 Å². The van der Waals surface area contributed by atoms with Crippen LogP contribution in [0.1, 0.15) is 33.1 Å². The molecule has 1 aliphatic rings. The molecule has 0 saturated carbocycles. The summed E-state index contributed by atoms with van der Waals surface area (Å²) in [4.78, 5) is 4.94. The summed E-state index contributed by atoms with van der Waals surface area (Å²) < 4.78 is 0. The summed E-state index contributed by atoms with van der Waals surface area (Å²) in [6.07, 6.45) is 3.39. The molecule has 1 atom stereocenters. The SMILES string of the molecule is CCN1CCC(N(C)CCC(C)(C#N)NC)CC1. The molecule has 0 aromatic carbocycles. The minimum Gasteiger partial charge on any atom is -0.303 e. The third-order valence-corrected chi connectivity index (χ3v) is 4.39. The predicted octanol–water partition coefficient (Wildman–Crippen LogP) is 1.29. The first kappa shape index (κ1) is 15.4. The number of rotatable bonds is 6. The summed E-state index contributed by atoms with van der Waals surface area (Å²) in [6.45, 7) is 8.79. The van der Waals surface area contributed by atoms with Crippen LogP contribution in [-0.2, 0) is 0 Å². The minimum atomic E-state index is -0.390. The van der Waals surface area contributed by atoms with Crippen LogP contribution >= 0.6 is 0 Å². The van der Waals surface area contributed by atoms with E-state index in [9.17, 15) is 0 Å². The van der Waals surface area contributed by atoms with Crippen LogP contribution in [0.2, 0.25) is 0 Å². The zero-order chi connectivity index (χ0) is 13.6. The molecule has 1 N–H and O–H groups in total. The highest BCUT2D eigenvalue weighted by Gasteiger charge is 2.25. The van der Waals surface area contributed by atoms with E-state index in [0.717, 1.165) is 13.0 Å². The van der Waals surface area contributed by atoms with Crippen LogP contribution in [0, 0.1) is 11.3 Å². The van der Waals surface area contributed by atoms with Crippen LogP contribution < -0.4 is 5.32 Å². The van der Waals surface area contributed by atoms with Crippen molar-refractivity contribution < 1.29 is 0 Å². The molecule has 0 aromatic heterocycles. The molecule has 0 spiro atoms. The van der Waals surface area contributed by atoms with Crippen molar-refractivity contribution in [2.24, 2.45) is 0 Å². The van der Waals surface area contributed by atoms with Gasteiger partial charge in [-0.2, -0.15) is 5.26 Å². The van der Waals surface area contributed by atoms with Crippen LogP contribution in [0.5, 0.6) is 0 Å². The lowest BCUT2D eigenvalue weighted by Gasteiger charge is -2.37. The van der Waals surface area contributed by atoms with Crippen LogP contribution in [0.3, 0.4) is 0 Å². The van der Waals surface area contributed by atoms with Gasteiger partial charge in [0.25, 0.3) is 0 Å². The van der Waals surface area contributed by atoms with Gasteiger partial charge in [0.1, 0.15) is 5.54 Å². The van der Waals surface area contributed by atoms with Gasteiger partial charge in [-0.25, -0.2) is 0 Å². The largest absolute Gasteiger partial charge is 0.303 e. The molecule has 1 unspecified atom stereocenters. The lowest BCUT2D eigenvalue weighted by atomic mass is 9.98. The molecule has 4 nitrogen and oxygen atoms in total. The molecule has 0 radical (unpaired) electrons. The van der Waals surface area contributed by atoms with Crippen LogP contribution in [0.4, 0.5) is 0 Å². The molecule has 104 valence electrons. The van der Waals surface area contributed by atoms with E-state index in [0.29, 0.717) is 6.04 Å². The van der Waals surface area contributed by atoms with Gasteiger partial charge in [0.15, 0.2) is 0 Å². The molecular weight excluding hydrogens is 224 g/mol. The monoisotopic (exact) mass is 252 g/mol. The second kappa shape index (κ2) is 7.08. The fourth-order valence-electron chi connectivity index (χ4n) is 2.50. The maximum atomic E-state index is 9.14. The van der Waals surface area contributed by atoms with E-state index in [1.165, 1.54) is 32.5 Å². The van der Waals surface area contributed by atoms with Crippen molar-refractivity contribution in [1.29, 1.82) is 5.26 Å². The Kier molecular flexibility index (Phi) is 6.07. The number of piperidine rings is 1. The topological polar surface area (TPSA) is 42.3 Å². The van der Waals surface area contributed by atoms with Gasteiger partial charge in [0.2, 0.25) is 0 Å². The van der Waals surface area contributed by atoms with Crippen molar-refractivity contribution in [3.8, 4) is 6.07 Å². The highest BCUT2D eigenvalue weighted by atomic mass is 15.2. The summed E-state index contributed by atoms with van der Waals surface area (Å²) in [7, 11) is 4.06. The maximum Gasteiger partial charge on any atom is 0.104 e. The molecule has 1 aliphatic heterocycles. The molecule has 1 saturated heterocycles. The van der Waals surface area contributed by atoms with Gasteiger partial charge in [0, 0.05) is 12.6 Å². The van der Waals surface area contributed by atoms with Gasteiger partial charge < -0.3 is 15.1 Å². The first-order valence-corrected chi connectivity index (χ1v) is 7.07. The van der Waals surface area contributed by atoms with Crippen molar-refractivity contribution >= 4 is 0 Å². The van der Waals surface area contributed by atoms with Crippen molar-refractivity contribution in [1.82, 2.24) is 15.1 Å². The first-order chi connectivity index (χ1) is 8.54. The van der Waals surface area contributed by atoms with E-state index in [1.807, 2.05) is 14.0 Å². The quantitative estimate of drug-likeness (QED) is 0.773. The molecule has 0 aliphatic carbocycles. The van der Waals surface area contributed by atoms with E-state index in [1.54, 1.807) is 0 Å². The highest BCUT2D eigenvalue weighted by molar-refractivity contribution is 5.03. The van der Waals surface area contributed by atoms with Crippen molar-refractivity contribution in [3.05, 3.63) is 0 Å². The highest BCUT2D eigenvalue weighted by Crippen LogP contribution is 2.17. The van der Waals surface area contributed by atoms with E-state index in [4.69, 9.17) is 5.26 Å². The molecule has 1 heterocycles. The molecule has 0 amide bonds. The van der Waals surface area contributed by atoms with Gasteiger partial charge in [-0.3, -0.25) is 0 Å². The Bertz CT molecular complexity index is 278. The van der Waals surface area contributed by atoms with Gasteiger partial charge in [-0.05, 0) is 59.9 Å². The summed E-state index contributed by atoms with van der Waals surface area (Å²) in [6, 6.07) is 3.04. The van der Waals surface area contributed by atoms with E-state index >= 15 is 0 Å². The summed E-state index contributed by atoms with van der Waals surface area (Å²) in [5, 5.41) is 12.2. The van der Waals surface area contributed by atoms with E-state index in [2.05, 4.69) is 35.2 Å². The predicted molar refractivity (Wildman–Crippen MR) is 75.5 cm³/mol. The van der Waals surface area contributed by atoms with Gasteiger partial charge in [-0.15, -0.1) is 0 Å². The van der Waals surface area contributed by atoms with Crippen LogP contribution in [0.15, 0.2) is 0 Å². The standard InChI is InChI=1S/C14H28N4/c1-5-18-9-6-13(7-10-18)17(4)11-8-14(2,12-15)16-3/h13,16H,5-11H2,1-4H3. The second-order valence-electron chi connectivity index (χ2n) is 5.59. The average molecular weight is 252 g/mol. The number of nitrogens with zero attached hydrogens (tertiary/aromatic N) is 3. The fourth-order valence-corrected chi connectivity index (χ4v) is 2.50. The Morgan fingerprint density at radius 2 is 2.06 bits per heavy atom. The summed E-state index contributed by atoms with van der Waals surface area (Å²) >= 11 is 0. The molecule has 1 fully saturated rings.